The number of halogens is 3. The summed E-state index contributed by atoms with van der Waals surface area (Å²) in [7, 11) is 0. The number of rotatable bonds is 4. The molecule has 28 heavy (non-hydrogen) atoms. The van der Waals surface area contributed by atoms with Crippen molar-refractivity contribution >= 4 is 11.5 Å². The van der Waals surface area contributed by atoms with Crippen molar-refractivity contribution < 1.29 is 17.9 Å². The summed E-state index contributed by atoms with van der Waals surface area (Å²) >= 11 is 0. The topological polar surface area (TPSA) is 51.5 Å². The zero-order valence-corrected chi connectivity index (χ0v) is 15.7. The van der Waals surface area contributed by atoms with Gasteiger partial charge in [0.25, 0.3) is 0 Å². The maximum Gasteiger partial charge on any atom is 0.435 e. The van der Waals surface area contributed by atoms with Crippen molar-refractivity contribution in [1.29, 1.82) is 0 Å². The Balaban J connectivity index is 1.85. The molecule has 0 bridgehead atoms. The standard InChI is InChI=1S/C20H21F3N4O/c1-12-5-7-14(8-6-12)17-18(20(21,22)23)26-27-16(10-13(2)25-19(17)27)24-11-15-4-3-9-28-15/h5-8,10,15,24H,3-4,9,11H2,1-2H3/t15-/m0/s1. The van der Waals surface area contributed by atoms with Crippen LogP contribution in [0.5, 0.6) is 0 Å². The zero-order chi connectivity index (χ0) is 19.9. The van der Waals surface area contributed by atoms with E-state index in [1.165, 1.54) is 4.52 Å². The third kappa shape index (κ3) is 3.56. The lowest BCUT2D eigenvalue weighted by molar-refractivity contribution is -0.140. The highest BCUT2D eigenvalue weighted by molar-refractivity contribution is 5.81. The molecule has 3 aromatic rings. The predicted octanol–water partition coefficient (Wildman–Crippen LogP) is 4.62. The summed E-state index contributed by atoms with van der Waals surface area (Å²) in [6, 6.07) is 8.61. The van der Waals surface area contributed by atoms with Crippen LogP contribution in [0.3, 0.4) is 0 Å². The second-order valence-electron chi connectivity index (χ2n) is 7.12. The Kier molecular flexibility index (Phi) is 4.74. The molecule has 148 valence electrons. The minimum Gasteiger partial charge on any atom is -0.376 e. The van der Waals surface area contributed by atoms with Crippen molar-refractivity contribution in [1.82, 2.24) is 14.6 Å². The minimum absolute atomic E-state index is 0.00336. The van der Waals surface area contributed by atoms with Gasteiger partial charge in [0.2, 0.25) is 0 Å². The van der Waals surface area contributed by atoms with Gasteiger partial charge in [0.15, 0.2) is 11.3 Å². The fourth-order valence-electron chi connectivity index (χ4n) is 3.47. The molecule has 1 fully saturated rings. The van der Waals surface area contributed by atoms with Crippen LogP contribution in [0.2, 0.25) is 0 Å². The molecule has 0 radical (unpaired) electrons. The molecular formula is C20H21F3N4O. The molecule has 1 aromatic carbocycles. The number of ether oxygens (including phenoxy) is 1. The number of benzene rings is 1. The van der Waals surface area contributed by atoms with Crippen LogP contribution in [0.25, 0.3) is 16.8 Å². The van der Waals surface area contributed by atoms with Crippen molar-refractivity contribution in [2.24, 2.45) is 0 Å². The largest absolute Gasteiger partial charge is 0.435 e. The molecule has 4 rings (SSSR count). The molecule has 3 heterocycles. The Hall–Kier alpha value is -2.61. The van der Waals surface area contributed by atoms with Crippen molar-refractivity contribution in [3.05, 3.63) is 47.3 Å². The van der Waals surface area contributed by atoms with E-state index in [1.54, 1.807) is 37.3 Å². The first-order valence-electron chi connectivity index (χ1n) is 9.23. The van der Waals surface area contributed by atoms with Gasteiger partial charge >= 0.3 is 6.18 Å². The van der Waals surface area contributed by atoms with Gasteiger partial charge in [-0.3, -0.25) is 0 Å². The first-order chi connectivity index (χ1) is 13.3. The summed E-state index contributed by atoms with van der Waals surface area (Å²) in [6.45, 7) is 4.88. The lowest BCUT2D eigenvalue weighted by Gasteiger charge is -2.13. The molecule has 1 aliphatic rings. The summed E-state index contributed by atoms with van der Waals surface area (Å²) in [6.07, 6.45) is -2.61. The molecule has 0 spiro atoms. The molecule has 2 aromatic heterocycles. The lowest BCUT2D eigenvalue weighted by Crippen LogP contribution is -2.20. The van der Waals surface area contributed by atoms with Crippen LogP contribution in [0.15, 0.2) is 30.3 Å². The van der Waals surface area contributed by atoms with E-state index in [0.29, 0.717) is 30.2 Å². The molecule has 0 saturated carbocycles. The number of anilines is 1. The average molecular weight is 390 g/mol. The number of aromatic nitrogens is 3. The third-order valence-corrected chi connectivity index (χ3v) is 4.86. The monoisotopic (exact) mass is 390 g/mol. The minimum atomic E-state index is -4.59. The third-order valence-electron chi connectivity index (χ3n) is 4.86. The van der Waals surface area contributed by atoms with E-state index in [0.717, 1.165) is 18.4 Å². The van der Waals surface area contributed by atoms with Crippen molar-refractivity contribution in [2.45, 2.75) is 39.0 Å². The Bertz CT molecular complexity index is 989. The van der Waals surface area contributed by atoms with Gasteiger partial charge in [0.1, 0.15) is 5.82 Å². The first kappa shape index (κ1) is 18.7. The highest BCUT2D eigenvalue weighted by atomic mass is 19.4. The second kappa shape index (κ2) is 7.09. The van der Waals surface area contributed by atoms with Crippen molar-refractivity contribution in [2.75, 3.05) is 18.5 Å². The lowest BCUT2D eigenvalue weighted by atomic mass is 10.0. The van der Waals surface area contributed by atoms with E-state index >= 15 is 0 Å². The molecule has 8 heteroatoms. The van der Waals surface area contributed by atoms with E-state index in [4.69, 9.17) is 4.74 Å². The van der Waals surface area contributed by atoms with Crippen molar-refractivity contribution in [3.63, 3.8) is 0 Å². The summed E-state index contributed by atoms with van der Waals surface area (Å²) in [5, 5.41) is 7.09. The highest BCUT2D eigenvalue weighted by Crippen LogP contribution is 2.39. The van der Waals surface area contributed by atoms with Gasteiger partial charge in [-0.05, 0) is 32.3 Å². The molecule has 1 atom stereocenters. The summed E-state index contributed by atoms with van der Waals surface area (Å²) in [5.74, 6) is 0.474. The number of nitrogens with one attached hydrogen (secondary N) is 1. The molecular weight excluding hydrogens is 369 g/mol. The average Bonchev–Trinajstić information content (AvgIpc) is 3.27. The molecule has 1 aliphatic heterocycles. The van der Waals surface area contributed by atoms with Gasteiger partial charge in [0, 0.05) is 24.9 Å². The number of nitrogens with zero attached hydrogens (tertiary/aromatic N) is 3. The fraction of sp³-hybridized carbons (Fsp3) is 0.400. The van der Waals surface area contributed by atoms with E-state index < -0.39 is 11.9 Å². The van der Waals surface area contributed by atoms with Gasteiger partial charge in [-0.15, -0.1) is 0 Å². The summed E-state index contributed by atoms with van der Waals surface area (Å²) in [4.78, 5) is 4.38. The normalized spacial score (nSPS) is 17.4. The fourth-order valence-corrected chi connectivity index (χ4v) is 3.47. The SMILES string of the molecule is Cc1ccc(-c2c(C(F)(F)F)nn3c(NC[C@@H]4CCCO4)cc(C)nc23)cc1. The Labute approximate surface area is 160 Å². The molecule has 0 amide bonds. The number of alkyl halides is 3. The molecule has 5 nitrogen and oxygen atoms in total. The van der Waals surface area contributed by atoms with Gasteiger partial charge in [-0.1, -0.05) is 29.8 Å². The molecule has 0 unspecified atom stereocenters. The Morgan fingerprint density at radius 2 is 1.96 bits per heavy atom. The van der Waals surface area contributed by atoms with Crippen molar-refractivity contribution in [3.8, 4) is 11.1 Å². The first-order valence-corrected chi connectivity index (χ1v) is 9.23. The van der Waals surface area contributed by atoms with Crippen LogP contribution in [0.1, 0.15) is 29.8 Å². The maximum absolute atomic E-state index is 13.8. The Morgan fingerprint density at radius 1 is 1.21 bits per heavy atom. The number of hydrogen-bond donors (Lipinski definition) is 1. The molecule has 0 aliphatic carbocycles. The van der Waals surface area contributed by atoms with Crippen LogP contribution in [-0.4, -0.2) is 33.9 Å². The smallest absolute Gasteiger partial charge is 0.376 e. The van der Waals surface area contributed by atoms with E-state index in [9.17, 15) is 13.2 Å². The number of hydrogen-bond acceptors (Lipinski definition) is 4. The quantitative estimate of drug-likeness (QED) is 0.706. The van der Waals surface area contributed by atoms with Crippen LogP contribution in [0.4, 0.5) is 19.0 Å². The predicted molar refractivity (Wildman–Crippen MR) is 100 cm³/mol. The zero-order valence-electron chi connectivity index (χ0n) is 15.7. The van der Waals surface area contributed by atoms with Crippen LogP contribution in [0, 0.1) is 13.8 Å². The summed E-state index contributed by atoms with van der Waals surface area (Å²) in [5.41, 5.74) is 1.27. The van der Waals surface area contributed by atoms with Crippen LogP contribution >= 0.6 is 0 Å². The van der Waals surface area contributed by atoms with Crippen LogP contribution in [-0.2, 0) is 10.9 Å². The number of aryl methyl sites for hydroxylation is 2. The number of fused-ring (bicyclic) bond motifs is 1. The van der Waals surface area contributed by atoms with Gasteiger partial charge in [-0.25, -0.2) is 4.98 Å². The molecule has 1 saturated heterocycles. The van der Waals surface area contributed by atoms with E-state index in [-0.39, 0.29) is 17.3 Å². The summed E-state index contributed by atoms with van der Waals surface area (Å²) < 4.78 is 48.2. The second-order valence-corrected chi connectivity index (χ2v) is 7.12. The van der Waals surface area contributed by atoms with Gasteiger partial charge in [-0.2, -0.15) is 22.8 Å². The van der Waals surface area contributed by atoms with Gasteiger partial charge in [0.05, 0.1) is 11.7 Å². The van der Waals surface area contributed by atoms with Gasteiger partial charge < -0.3 is 10.1 Å². The maximum atomic E-state index is 13.8. The van der Waals surface area contributed by atoms with E-state index in [1.807, 2.05) is 6.92 Å². The highest BCUT2D eigenvalue weighted by Gasteiger charge is 2.39. The Morgan fingerprint density at radius 3 is 2.61 bits per heavy atom. The van der Waals surface area contributed by atoms with Crippen LogP contribution < -0.4 is 5.32 Å². The van der Waals surface area contributed by atoms with E-state index in [2.05, 4.69) is 15.4 Å². The molecule has 1 N–H and O–H groups in total.